The molecule has 2 aliphatic rings. The van der Waals surface area contributed by atoms with Gasteiger partial charge in [0.25, 0.3) is 0 Å². The molecule has 1 aliphatic carbocycles. The summed E-state index contributed by atoms with van der Waals surface area (Å²) < 4.78 is 14.1. The van der Waals surface area contributed by atoms with Gasteiger partial charge < -0.3 is 16.2 Å². The Morgan fingerprint density at radius 3 is 2.62 bits per heavy atom. The maximum absolute atomic E-state index is 14.1. The number of amides is 1. The van der Waals surface area contributed by atoms with E-state index in [0.717, 1.165) is 45.1 Å². The van der Waals surface area contributed by atoms with Gasteiger partial charge in [-0.3, -0.25) is 19.5 Å². The number of aromatic nitrogens is 2. The number of fused-ring (bicyclic) bond motifs is 1. The van der Waals surface area contributed by atoms with Crippen molar-refractivity contribution in [1.82, 2.24) is 14.9 Å². The fourth-order valence-electron chi connectivity index (χ4n) is 5.64. The first-order chi connectivity index (χ1) is 17.7. The molecular weight excluding hydrogens is 497 g/mol. The molecule has 1 saturated carbocycles. The zero-order valence-electron chi connectivity index (χ0n) is 20.5. The van der Waals surface area contributed by atoms with Crippen LogP contribution in [0.1, 0.15) is 55.8 Å². The van der Waals surface area contributed by atoms with Crippen LogP contribution in [0.4, 0.5) is 10.1 Å². The van der Waals surface area contributed by atoms with Crippen molar-refractivity contribution in [3.63, 3.8) is 0 Å². The van der Waals surface area contributed by atoms with Gasteiger partial charge in [-0.2, -0.15) is 0 Å². The van der Waals surface area contributed by atoms with E-state index < -0.39 is 11.6 Å². The zero-order valence-corrected chi connectivity index (χ0v) is 21.3. The highest BCUT2D eigenvalue weighted by Gasteiger charge is 2.36. The molecule has 3 heterocycles. The maximum atomic E-state index is 14.1. The molecule has 1 amide bonds. The average Bonchev–Trinajstić information content (AvgIpc) is 3.38. The van der Waals surface area contributed by atoms with Gasteiger partial charge in [0, 0.05) is 23.8 Å². The Morgan fingerprint density at radius 1 is 1.19 bits per heavy atom. The van der Waals surface area contributed by atoms with Crippen molar-refractivity contribution >= 4 is 40.0 Å². The summed E-state index contributed by atoms with van der Waals surface area (Å²) in [6, 6.07) is 6.33. The Balaban J connectivity index is 1.43. The topological polar surface area (TPSA) is 121 Å². The van der Waals surface area contributed by atoms with Crippen LogP contribution >= 0.6 is 11.6 Å². The first-order valence-corrected chi connectivity index (χ1v) is 12.9. The molecule has 0 bridgehead atoms. The lowest BCUT2D eigenvalue weighted by Gasteiger charge is -2.37. The fourth-order valence-corrected chi connectivity index (χ4v) is 5.85. The van der Waals surface area contributed by atoms with Crippen LogP contribution in [-0.4, -0.2) is 56.3 Å². The van der Waals surface area contributed by atoms with Crippen molar-refractivity contribution in [2.75, 3.05) is 11.9 Å². The van der Waals surface area contributed by atoms with Crippen LogP contribution in [0, 0.1) is 5.82 Å². The lowest BCUT2D eigenvalue weighted by atomic mass is 9.89. The van der Waals surface area contributed by atoms with Crippen molar-refractivity contribution in [1.29, 1.82) is 0 Å². The van der Waals surface area contributed by atoms with E-state index in [-0.39, 0.29) is 28.8 Å². The van der Waals surface area contributed by atoms with E-state index in [4.69, 9.17) is 22.3 Å². The number of ketones is 1. The largest absolute Gasteiger partial charge is 0.504 e. The third kappa shape index (κ3) is 4.98. The summed E-state index contributed by atoms with van der Waals surface area (Å²) in [6.07, 6.45) is 6.94. The summed E-state index contributed by atoms with van der Waals surface area (Å²) >= 11 is 5.98. The molecular formula is C27H29ClFN5O3. The number of rotatable bonds is 6. The molecule has 0 spiro atoms. The first-order valence-electron chi connectivity index (χ1n) is 12.5. The number of nitrogens with two attached hydrogens (primary N) is 1. The molecule has 37 heavy (non-hydrogen) atoms. The van der Waals surface area contributed by atoms with Gasteiger partial charge in [0.1, 0.15) is 5.52 Å². The lowest BCUT2D eigenvalue weighted by Crippen LogP contribution is -2.48. The van der Waals surface area contributed by atoms with E-state index in [9.17, 15) is 19.1 Å². The number of primary amides is 1. The molecule has 8 nitrogen and oxygen atoms in total. The summed E-state index contributed by atoms with van der Waals surface area (Å²) in [7, 11) is 0. The van der Waals surface area contributed by atoms with Gasteiger partial charge in [0.2, 0.25) is 5.91 Å². The van der Waals surface area contributed by atoms with Crippen LogP contribution in [0.2, 0.25) is 5.02 Å². The van der Waals surface area contributed by atoms with E-state index >= 15 is 0 Å². The summed E-state index contributed by atoms with van der Waals surface area (Å²) in [5, 5.41) is 13.1. The molecule has 3 aromatic rings. The maximum Gasteiger partial charge on any atom is 0.234 e. The van der Waals surface area contributed by atoms with Crippen LogP contribution in [0.5, 0.6) is 5.75 Å². The predicted octanol–water partition coefficient (Wildman–Crippen LogP) is 4.67. The summed E-state index contributed by atoms with van der Waals surface area (Å²) in [4.78, 5) is 35.8. The molecule has 1 unspecified atom stereocenters. The number of halogens is 2. The third-order valence-electron chi connectivity index (χ3n) is 7.54. The van der Waals surface area contributed by atoms with Gasteiger partial charge in [-0.05, 0) is 76.3 Å². The number of aromatic hydroxyl groups is 1. The third-order valence-corrected chi connectivity index (χ3v) is 7.83. The van der Waals surface area contributed by atoms with E-state index in [1.54, 1.807) is 18.3 Å². The number of phenols is 1. The van der Waals surface area contributed by atoms with Crippen molar-refractivity contribution < 1.29 is 19.1 Å². The summed E-state index contributed by atoms with van der Waals surface area (Å²) in [5.74, 6) is -1.84. The smallest absolute Gasteiger partial charge is 0.234 e. The van der Waals surface area contributed by atoms with Crippen molar-refractivity contribution in [3.8, 4) is 17.0 Å². The van der Waals surface area contributed by atoms with E-state index in [1.165, 1.54) is 19.1 Å². The highest BCUT2D eigenvalue weighted by atomic mass is 35.5. The molecule has 1 aromatic carbocycles. The number of nitrogens with one attached hydrogen (secondary N) is 1. The van der Waals surface area contributed by atoms with E-state index in [1.807, 2.05) is 0 Å². The number of hydrogen-bond acceptors (Lipinski definition) is 7. The van der Waals surface area contributed by atoms with E-state index in [0.29, 0.717) is 39.6 Å². The average molecular weight is 526 g/mol. The highest BCUT2D eigenvalue weighted by Crippen LogP contribution is 2.35. The van der Waals surface area contributed by atoms with Gasteiger partial charge in [-0.15, -0.1) is 0 Å². The minimum absolute atomic E-state index is 0.112. The molecule has 194 valence electrons. The van der Waals surface area contributed by atoms with Crippen molar-refractivity contribution in [3.05, 3.63) is 46.9 Å². The highest BCUT2D eigenvalue weighted by molar-refractivity contribution is 6.32. The SMILES string of the molecule is CC(=O)c1cnc2ccc(-c3cc(F)c(O)c(Cl)c3)nc2c1NC1CCC(N2CCCC2C(N)=O)CC1. The van der Waals surface area contributed by atoms with Gasteiger partial charge in [-0.1, -0.05) is 11.6 Å². The quantitative estimate of drug-likeness (QED) is 0.400. The number of hydrogen-bond donors (Lipinski definition) is 3. The second-order valence-electron chi connectivity index (χ2n) is 9.90. The minimum Gasteiger partial charge on any atom is -0.504 e. The number of carbonyl (C=O) groups excluding carboxylic acids is 2. The molecule has 4 N–H and O–H groups in total. The van der Waals surface area contributed by atoms with Gasteiger partial charge in [0.15, 0.2) is 17.3 Å². The number of pyridine rings is 2. The summed E-state index contributed by atoms with van der Waals surface area (Å²) in [5.41, 5.74) is 8.59. The molecule has 2 fully saturated rings. The Morgan fingerprint density at radius 2 is 1.95 bits per heavy atom. The number of anilines is 1. The number of likely N-dealkylation sites (tertiary alicyclic amines) is 1. The van der Waals surface area contributed by atoms with Crippen LogP contribution < -0.4 is 11.1 Å². The van der Waals surface area contributed by atoms with Gasteiger partial charge in [-0.25, -0.2) is 9.37 Å². The minimum atomic E-state index is -0.841. The fraction of sp³-hybridized carbons (Fsp3) is 0.407. The zero-order chi connectivity index (χ0) is 26.3. The Hall–Kier alpha value is -3.30. The summed E-state index contributed by atoms with van der Waals surface area (Å²) in [6.45, 7) is 2.38. The van der Waals surface area contributed by atoms with Gasteiger partial charge >= 0.3 is 0 Å². The van der Waals surface area contributed by atoms with Crippen LogP contribution in [0.25, 0.3) is 22.3 Å². The normalized spacial score (nSPS) is 22.3. The Labute approximate surface area is 219 Å². The van der Waals surface area contributed by atoms with E-state index in [2.05, 4.69) is 15.2 Å². The molecule has 2 aromatic heterocycles. The van der Waals surface area contributed by atoms with Crippen molar-refractivity contribution in [2.24, 2.45) is 5.73 Å². The predicted molar refractivity (Wildman–Crippen MR) is 140 cm³/mol. The Bertz CT molecular complexity index is 1350. The number of nitrogens with zero attached hydrogens (tertiary/aromatic N) is 3. The first kappa shape index (κ1) is 25.4. The Kier molecular flexibility index (Phi) is 7.00. The molecule has 1 saturated heterocycles. The second kappa shape index (κ2) is 10.2. The standard InChI is InChI=1S/C27H29ClFN5O3/c1-14(35)18-13-31-22-9-8-21(15-11-19(28)26(36)20(29)12-15)33-25(22)24(18)32-16-4-6-17(7-5-16)34-10-2-3-23(34)27(30)37/h8-9,11-13,16-17,23,36H,2-7,10H2,1H3,(H2,30,37)(H,31,32). The monoisotopic (exact) mass is 525 g/mol. The van der Waals surface area contributed by atoms with Crippen molar-refractivity contribution in [2.45, 2.75) is 63.6 Å². The number of Topliss-reactive ketones (excluding diaryl/α,β-unsaturated/α-hetero) is 1. The lowest BCUT2D eigenvalue weighted by molar-refractivity contribution is -0.123. The molecule has 1 aliphatic heterocycles. The number of carbonyl (C=O) groups is 2. The van der Waals surface area contributed by atoms with Crippen LogP contribution in [-0.2, 0) is 4.79 Å². The number of phenolic OH excluding ortho intramolecular Hbond substituents is 1. The van der Waals surface area contributed by atoms with Gasteiger partial charge in [0.05, 0.1) is 33.5 Å². The van der Waals surface area contributed by atoms with Crippen LogP contribution in [0.15, 0.2) is 30.5 Å². The second-order valence-corrected chi connectivity index (χ2v) is 10.3. The molecule has 1 atom stereocenters. The number of benzene rings is 1. The molecule has 0 radical (unpaired) electrons. The molecule has 5 rings (SSSR count). The molecule has 10 heteroatoms. The van der Waals surface area contributed by atoms with Crippen LogP contribution in [0.3, 0.4) is 0 Å².